The Morgan fingerprint density at radius 1 is 1.19 bits per heavy atom. The second kappa shape index (κ2) is 6.91. The van der Waals surface area contributed by atoms with Gasteiger partial charge in [-0.25, -0.2) is 8.78 Å². The minimum atomic E-state index is -0.571. The number of ether oxygens (including phenoxy) is 1. The molecule has 0 spiro atoms. The zero-order valence-corrected chi connectivity index (χ0v) is 12.7. The summed E-state index contributed by atoms with van der Waals surface area (Å²) in [4.78, 5) is 0.698. The summed E-state index contributed by atoms with van der Waals surface area (Å²) >= 11 is 1.04. The molecule has 112 valence electrons. The lowest BCUT2D eigenvalue weighted by molar-refractivity contribution is 0.413. The summed E-state index contributed by atoms with van der Waals surface area (Å²) in [5.74, 6) is -0.494. The van der Waals surface area contributed by atoms with Crippen LogP contribution >= 0.6 is 11.8 Å². The molecule has 0 aliphatic carbocycles. The topological polar surface area (TPSA) is 35.2 Å². The van der Waals surface area contributed by atoms with E-state index in [-0.39, 0.29) is 10.9 Å². The van der Waals surface area contributed by atoms with Gasteiger partial charge in [0.25, 0.3) is 0 Å². The highest BCUT2D eigenvalue weighted by atomic mass is 32.2. The van der Waals surface area contributed by atoms with Crippen LogP contribution in [0, 0.1) is 11.6 Å². The predicted molar refractivity (Wildman–Crippen MR) is 80.8 cm³/mol. The Kier molecular flexibility index (Phi) is 5.20. The molecule has 0 heterocycles. The molecule has 0 aliphatic rings. The number of benzene rings is 2. The molecule has 2 nitrogen and oxygen atoms in total. The van der Waals surface area contributed by atoms with E-state index >= 15 is 0 Å². The summed E-state index contributed by atoms with van der Waals surface area (Å²) in [6.45, 7) is 1.80. The molecule has 1 unspecified atom stereocenters. The first-order chi connectivity index (χ1) is 9.99. The Morgan fingerprint density at radius 3 is 2.43 bits per heavy atom. The second-order valence-corrected chi connectivity index (χ2v) is 5.93. The number of rotatable bonds is 5. The lowest BCUT2D eigenvalue weighted by atomic mass is 10.1. The van der Waals surface area contributed by atoms with Gasteiger partial charge in [0, 0.05) is 10.9 Å². The molecule has 0 aromatic heterocycles. The summed E-state index contributed by atoms with van der Waals surface area (Å²) in [5, 5.41) is 0. The van der Waals surface area contributed by atoms with Crippen molar-refractivity contribution in [3.8, 4) is 5.75 Å². The van der Waals surface area contributed by atoms with Gasteiger partial charge in [-0.2, -0.15) is 0 Å². The molecule has 0 saturated carbocycles. The van der Waals surface area contributed by atoms with E-state index in [0.29, 0.717) is 22.6 Å². The minimum absolute atomic E-state index is 0.0170. The Morgan fingerprint density at radius 2 is 1.86 bits per heavy atom. The zero-order chi connectivity index (χ0) is 15.4. The van der Waals surface area contributed by atoms with Crippen LogP contribution in [0.25, 0.3) is 0 Å². The van der Waals surface area contributed by atoms with Crippen molar-refractivity contribution < 1.29 is 13.5 Å². The van der Waals surface area contributed by atoms with Crippen LogP contribution in [0.15, 0.2) is 46.2 Å². The maximum Gasteiger partial charge on any atom is 0.140 e. The molecular weight excluding hydrogens is 292 g/mol. The van der Waals surface area contributed by atoms with Gasteiger partial charge in [-0.05, 0) is 49.2 Å². The molecule has 0 aliphatic heterocycles. The average Bonchev–Trinajstić information content (AvgIpc) is 2.42. The molecule has 2 N–H and O–H groups in total. The number of halogens is 2. The van der Waals surface area contributed by atoms with Crippen molar-refractivity contribution in [1.29, 1.82) is 0 Å². The van der Waals surface area contributed by atoms with E-state index in [1.165, 1.54) is 12.1 Å². The fraction of sp³-hybridized carbons (Fsp3) is 0.250. The molecule has 0 saturated heterocycles. The van der Waals surface area contributed by atoms with E-state index in [0.717, 1.165) is 11.8 Å². The van der Waals surface area contributed by atoms with Crippen LogP contribution < -0.4 is 10.5 Å². The fourth-order valence-corrected chi connectivity index (χ4v) is 2.85. The molecule has 2 aromatic carbocycles. The highest BCUT2D eigenvalue weighted by Gasteiger charge is 2.14. The largest absolute Gasteiger partial charge is 0.497 e. The summed E-state index contributed by atoms with van der Waals surface area (Å²) in [6, 6.07) is 9.62. The third-order valence-electron chi connectivity index (χ3n) is 2.88. The number of hydrogen-bond acceptors (Lipinski definition) is 3. The average molecular weight is 309 g/mol. The maximum atomic E-state index is 14.1. The second-order valence-electron chi connectivity index (χ2n) is 4.85. The Balaban J connectivity index is 2.27. The molecule has 0 amide bonds. The van der Waals surface area contributed by atoms with E-state index in [9.17, 15) is 8.78 Å². The van der Waals surface area contributed by atoms with Crippen molar-refractivity contribution in [2.24, 2.45) is 5.73 Å². The minimum Gasteiger partial charge on any atom is -0.497 e. The molecule has 1 atom stereocenters. The molecule has 2 rings (SSSR count). The van der Waals surface area contributed by atoms with E-state index in [1.807, 2.05) is 0 Å². The van der Waals surface area contributed by atoms with Crippen LogP contribution in [-0.4, -0.2) is 13.2 Å². The van der Waals surface area contributed by atoms with E-state index < -0.39 is 11.6 Å². The van der Waals surface area contributed by atoms with Crippen molar-refractivity contribution in [3.05, 3.63) is 53.6 Å². The lowest BCUT2D eigenvalue weighted by Crippen LogP contribution is -2.18. The van der Waals surface area contributed by atoms with Gasteiger partial charge in [0.05, 0.1) is 12.0 Å². The fourth-order valence-electron chi connectivity index (χ4n) is 1.98. The van der Waals surface area contributed by atoms with E-state index in [4.69, 9.17) is 10.5 Å². The Hall–Kier alpha value is -1.59. The molecule has 2 aromatic rings. The number of nitrogens with two attached hydrogens (primary N) is 1. The van der Waals surface area contributed by atoms with Crippen molar-refractivity contribution in [2.45, 2.75) is 29.2 Å². The van der Waals surface area contributed by atoms with Crippen molar-refractivity contribution in [2.75, 3.05) is 7.11 Å². The third-order valence-corrected chi connectivity index (χ3v) is 3.96. The molecular formula is C16H17F2NOS. The van der Waals surface area contributed by atoms with E-state index in [2.05, 4.69) is 0 Å². The van der Waals surface area contributed by atoms with Crippen LogP contribution in [0.2, 0.25) is 0 Å². The summed E-state index contributed by atoms with van der Waals surface area (Å²) in [5.41, 5.74) is 6.22. The van der Waals surface area contributed by atoms with Crippen molar-refractivity contribution >= 4 is 11.8 Å². The quantitative estimate of drug-likeness (QED) is 0.906. The number of methoxy groups -OCH3 is 1. The first-order valence-electron chi connectivity index (χ1n) is 6.55. The Bertz CT molecular complexity index is 608. The van der Waals surface area contributed by atoms with Gasteiger partial charge in [-0.1, -0.05) is 17.8 Å². The summed E-state index contributed by atoms with van der Waals surface area (Å²) in [6.07, 6.45) is 0.442. The molecule has 0 fully saturated rings. The van der Waals surface area contributed by atoms with Gasteiger partial charge >= 0.3 is 0 Å². The SMILES string of the molecule is COc1cccc(Sc2c(F)cc(CC(C)N)cc2F)c1. The summed E-state index contributed by atoms with van der Waals surface area (Å²) in [7, 11) is 1.55. The van der Waals surface area contributed by atoms with Crippen LogP contribution in [0.4, 0.5) is 8.78 Å². The van der Waals surface area contributed by atoms with Crippen LogP contribution in [-0.2, 0) is 6.42 Å². The molecule has 5 heteroatoms. The maximum absolute atomic E-state index is 14.1. The van der Waals surface area contributed by atoms with Crippen molar-refractivity contribution in [1.82, 2.24) is 0 Å². The smallest absolute Gasteiger partial charge is 0.140 e. The van der Waals surface area contributed by atoms with Crippen LogP contribution in [0.1, 0.15) is 12.5 Å². The first-order valence-corrected chi connectivity index (χ1v) is 7.36. The van der Waals surface area contributed by atoms with Crippen LogP contribution in [0.5, 0.6) is 5.75 Å². The normalized spacial score (nSPS) is 12.2. The first kappa shape index (κ1) is 15.8. The highest BCUT2D eigenvalue weighted by molar-refractivity contribution is 7.99. The lowest BCUT2D eigenvalue weighted by Gasteiger charge is -2.10. The Labute approximate surface area is 127 Å². The van der Waals surface area contributed by atoms with Crippen LogP contribution in [0.3, 0.4) is 0 Å². The number of hydrogen-bond donors (Lipinski definition) is 1. The standard InChI is InChI=1S/C16H17F2NOS/c1-10(19)6-11-7-14(17)16(15(18)8-11)21-13-5-3-4-12(9-13)20-2/h3-5,7-10H,6,19H2,1-2H3. The zero-order valence-electron chi connectivity index (χ0n) is 11.9. The van der Waals surface area contributed by atoms with Gasteiger partial charge in [0.1, 0.15) is 17.4 Å². The van der Waals surface area contributed by atoms with Gasteiger partial charge in [0.2, 0.25) is 0 Å². The summed E-state index contributed by atoms with van der Waals surface area (Å²) < 4.78 is 33.3. The van der Waals surface area contributed by atoms with Gasteiger partial charge in [0.15, 0.2) is 0 Å². The predicted octanol–water partition coefficient (Wildman–Crippen LogP) is 4.01. The van der Waals surface area contributed by atoms with Gasteiger partial charge in [-0.15, -0.1) is 0 Å². The van der Waals surface area contributed by atoms with E-state index in [1.54, 1.807) is 38.3 Å². The third kappa shape index (κ3) is 4.19. The van der Waals surface area contributed by atoms with Gasteiger partial charge in [-0.3, -0.25) is 0 Å². The molecule has 0 radical (unpaired) electrons. The van der Waals surface area contributed by atoms with Gasteiger partial charge < -0.3 is 10.5 Å². The van der Waals surface area contributed by atoms with Crippen molar-refractivity contribution in [3.63, 3.8) is 0 Å². The monoisotopic (exact) mass is 309 g/mol. The molecule has 0 bridgehead atoms. The molecule has 21 heavy (non-hydrogen) atoms. The highest BCUT2D eigenvalue weighted by Crippen LogP contribution is 2.34.